The summed E-state index contributed by atoms with van der Waals surface area (Å²) in [6.45, 7) is 1.99. The summed E-state index contributed by atoms with van der Waals surface area (Å²) >= 11 is 3.57. The Bertz CT molecular complexity index is 546. The molecule has 6 heteroatoms. The maximum Gasteiger partial charge on any atom is 0.152 e. The second kappa shape index (κ2) is 6.24. The average Bonchev–Trinajstić information content (AvgIpc) is 2.51. The lowest BCUT2D eigenvalue weighted by atomic mass is 10.1. The molecule has 2 N–H and O–H groups in total. The molecule has 0 amide bonds. The SMILES string of the molecule is NCCc1ccc(N2CCCS(=O)(=O)CC2)c(Br)c1. The van der Waals surface area contributed by atoms with Crippen molar-refractivity contribution >= 4 is 31.5 Å². The third kappa shape index (κ3) is 3.94. The zero-order chi connectivity index (χ0) is 13.9. The number of anilines is 1. The molecular weight excluding hydrogens is 328 g/mol. The van der Waals surface area contributed by atoms with Gasteiger partial charge < -0.3 is 10.6 Å². The number of sulfone groups is 1. The van der Waals surface area contributed by atoms with Gasteiger partial charge in [-0.05, 0) is 53.0 Å². The molecule has 0 aliphatic carbocycles. The summed E-state index contributed by atoms with van der Waals surface area (Å²) in [6, 6.07) is 6.18. The van der Waals surface area contributed by atoms with Crippen LogP contribution in [0.1, 0.15) is 12.0 Å². The molecule has 0 atom stereocenters. The highest BCUT2D eigenvalue weighted by atomic mass is 79.9. The summed E-state index contributed by atoms with van der Waals surface area (Å²) in [5.41, 5.74) is 7.81. The molecule has 19 heavy (non-hydrogen) atoms. The molecule has 1 aliphatic rings. The van der Waals surface area contributed by atoms with Gasteiger partial charge in [0.2, 0.25) is 0 Å². The summed E-state index contributed by atoms with van der Waals surface area (Å²) in [5, 5.41) is 0. The number of halogens is 1. The van der Waals surface area contributed by atoms with E-state index < -0.39 is 9.84 Å². The zero-order valence-electron chi connectivity index (χ0n) is 10.8. The second-order valence-electron chi connectivity index (χ2n) is 4.82. The van der Waals surface area contributed by atoms with Crippen LogP contribution in [-0.2, 0) is 16.3 Å². The number of nitrogens with two attached hydrogens (primary N) is 1. The predicted octanol–water partition coefficient (Wildman–Crippen LogP) is 1.58. The van der Waals surface area contributed by atoms with E-state index >= 15 is 0 Å². The molecule has 0 unspecified atom stereocenters. The predicted molar refractivity (Wildman–Crippen MR) is 82.4 cm³/mol. The lowest BCUT2D eigenvalue weighted by Crippen LogP contribution is -2.27. The van der Waals surface area contributed by atoms with E-state index in [9.17, 15) is 8.42 Å². The first-order valence-electron chi connectivity index (χ1n) is 6.46. The van der Waals surface area contributed by atoms with Gasteiger partial charge in [0.15, 0.2) is 9.84 Å². The second-order valence-corrected chi connectivity index (χ2v) is 7.97. The van der Waals surface area contributed by atoms with E-state index in [0.29, 0.717) is 25.3 Å². The van der Waals surface area contributed by atoms with Gasteiger partial charge in [-0.25, -0.2) is 8.42 Å². The average molecular weight is 347 g/mol. The van der Waals surface area contributed by atoms with Crippen LogP contribution in [0.2, 0.25) is 0 Å². The first kappa shape index (κ1) is 14.8. The summed E-state index contributed by atoms with van der Waals surface area (Å²) in [5.74, 6) is 0.538. The van der Waals surface area contributed by atoms with Crippen LogP contribution in [0.15, 0.2) is 22.7 Å². The van der Waals surface area contributed by atoms with Crippen molar-refractivity contribution in [2.45, 2.75) is 12.8 Å². The maximum absolute atomic E-state index is 11.6. The van der Waals surface area contributed by atoms with Crippen molar-refractivity contribution in [1.82, 2.24) is 0 Å². The Morgan fingerprint density at radius 3 is 2.74 bits per heavy atom. The largest absolute Gasteiger partial charge is 0.370 e. The Morgan fingerprint density at radius 1 is 1.26 bits per heavy atom. The van der Waals surface area contributed by atoms with Crippen molar-refractivity contribution in [3.8, 4) is 0 Å². The van der Waals surface area contributed by atoms with Crippen LogP contribution in [0.3, 0.4) is 0 Å². The van der Waals surface area contributed by atoms with Crippen LogP contribution in [0, 0.1) is 0 Å². The third-order valence-electron chi connectivity index (χ3n) is 3.34. The van der Waals surface area contributed by atoms with E-state index in [1.54, 1.807) is 0 Å². The molecule has 1 aromatic carbocycles. The number of rotatable bonds is 3. The lowest BCUT2D eigenvalue weighted by Gasteiger charge is -2.23. The fourth-order valence-corrected chi connectivity index (χ4v) is 4.26. The minimum Gasteiger partial charge on any atom is -0.370 e. The lowest BCUT2D eigenvalue weighted by molar-refractivity contribution is 0.597. The normalized spacial score (nSPS) is 19.2. The Kier molecular flexibility index (Phi) is 4.86. The Morgan fingerprint density at radius 2 is 2.05 bits per heavy atom. The van der Waals surface area contributed by atoms with Crippen molar-refractivity contribution in [2.24, 2.45) is 5.73 Å². The van der Waals surface area contributed by atoms with Crippen LogP contribution in [0.5, 0.6) is 0 Å². The molecule has 4 nitrogen and oxygen atoms in total. The number of nitrogens with zero attached hydrogens (tertiary/aromatic N) is 1. The van der Waals surface area contributed by atoms with Gasteiger partial charge in [0, 0.05) is 17.6 Å². The monoisotopic (exact) mass is 346 g/mol. The molecule has 1 heterocycles. The first-order chi connectivity index (χ1) is 9.02. The number of hydrogen-bond acceptors (Lipinski definition) is 4. The molecule has 0 aromatic heterocycles. The highest BCUT2D eigenvalue weighted by Gasteiger charge is 2.20. The highest BCUT2D eigenvalue weighted by molar-refractivity contribution is 9.10. The molecule has 106 valence electrons. The minimum atomic E-state index is -2.86. The molecule has 1 saturated heterocycles. The van der Waals surface area contributed by atoms with E-state index in [1.165, 1.54) is 5.56 Å². The molecule has 0 spiro atoms. The molecule has 0 saturated carbocycles. The minimum absolute atomic E-state index is 0.240. The summed E-state index contributed by atoms with van der Waals surface area (Å²) < 4.78 is 24.3. The molecular formula is C13H19BrN2O2S. The van der Waals surface area contributed by atoms with Crippen LogP contribution in [-0.4, -0.2) is 39.6 Å². The van der Waals surface area contributed by atoms with Crippen molar-refractivity contribution < 1.29 is 8.42 Å². The molecule has 0 radical (unpaired) electrons. The Labute approximate surface area is 123 Å². The first-order valence-corrected chi connectivity index (χ1v) is 9.07. The Hall–Kier alpha value is -0.590. The van der Waals surface area contributed by atoms with Crippen LogP contribution in [0.4, 0.5) is 5.69 Å². The number of hydrogen-bond donors (Lipinski definition) is 1. The van der Waals surface area contributed by atoms with Gasteiger partial charge in [-0.3, -0.25) is 0 Å². The Balaban J connectivity index is 2.17. The topological polar surface area (TPSA) is 63.4 Å². The van der Waals surface area contributed by atoms with Gasteiger partial charge in [0.25, 0.3) is 0 Å². The van der Waals surface area contributed by atoms with E-state index in [2.05, 4.69) is 33.0 Å². The van der Waals surface area contributed by atoms with Crippen molar-refractivity contribution in [3.63, 3.8) is 0 Å². The molecule has 2 rings (SSSR count). The molecule has 0 bridgehead atoms. The van der Waals surface area contributed by atoms with Gasteiger partial charge in [-0.2, -0.15) is 0 Å². The van der Waals surface area contributed by atoms with E-state index in [0.717, 1.165) is 23.1 Å². The molecule has 1 aliphatic heterocycles. The van der Waals surface area contributed by atoms with E-state index in [1.807, 2.05) is 6.07 Å². The zero-order valence-corrected chi connectivity index (χ0v) is 13.2. The molecule has 1 aromatic rings. The summed E-state index contributed by atoms with van der Waals surface area (Å²) in [4.78, 5) is 2.14. The van der Waals surface area contributed by atoms with Crippen molar-refractivity contribution in [2.75, 3.05) is 36.0 Å². The maximum atomic E-state index is 11.6. The van der Waals surface area contributed by atoms with Crippen LogP contribution < -0.4 is 10.6 Å². The number of benzene rings is 1. The van der Waals surface area contributed by atoms with Gasteiger partial charge in [-0.15, -0.1) is 0 Å². The fourth-order valence-electron chi connectivity index (χ4n) is 2.31. The quantitative estimate of drug-likeness (QED) is 0.902. The summed E-state index contributed by atoms with van der Waals surface area (Å²) in [7, 11) is -2.86. The van der Waals surface area contributed by atoms with Crippen molar-refractivity contribution in [1.29, 1.82) is 0 Å². The fraction of sp³-hybridized carbons (Fsp3) is 0.538. The van der Waals surface area contributed by atoms with Crippen LogP contribution >= 0.6 is 15.9 Å². The standard InChI is InChI=1S/C13H19BrN2O2S/c14-12-10-11(4-5-15)2-3-13(12)16-6-1-8-19(17,18)9-7-16/h2-3,10H,1,4-9,15H2. The highest BCUT2D eigenvalue weighted by Crippen LogP contribution is 2.28. The molecule has 1 fully saturated rings. The summed E-state index contributed by atoms with van der Waals surface area (Å²) in [6.07, 6.45) is 1.55. The van der Waals surface area contributed by atoms with Gasteiger partial charge >= 0.3 is 0 Å². The van der Waals surface area contributed by atoms with E-state index in [4.69, 9.17) is 5.73 Å². The van der Waals surface area contributed by atoms with E-state index in [-0.39, 0.29) is 5.75 Å². The third-order valence-corrected chi connectivity index (χ3v) is 5.69. The smallest absolute Gasteiger partial charge is 0.152 e. The van der Waals surface area contributed by atoms with Crippen molar-refractivity contribution in [3.05, 3.63) is 28.2 Å². The van der Waals surface area contributed by atoms with Gasteiger partial charge in [-0.1, -0.05) is 6.07 Å². The van der Waals surface area contributed by atoms with Gasteiger partial charge in [0.05, 0.1) is 17.2 Å². The van der Waals surface area contributed by atoms with Gasteiger partial charge in [0.1, 0.15) is 0 Å². The van der Waals surface area contributed by atoms with Crippen LogP contribution in [0.25, 0.3) is 0 Å².